The highest BCUT2D eigenvalue weighted by Gasteiger charge is 2.34. The van der Waals surface area contributed by atoms with Gasteiger partial charge in [-0.2, -0.15) is 8.42 Å². The molecular formula is C10H10BrFN2O3S. The van der Waals surface area contributed by atoms with Crippen molar-refractivity contribution in [2.45, 2.75) is 6.42 Å². The number of rotatable bonds is 3. The number of pyridine rings is 1. The van der Waals surface area contributed by atoms with Crippen molar-refractivity contribution in [1.29, 1.82) is 0 Å². The number of nitrogens with zero attached hydrogens (tertiary/aromatic N) is 2. The van der Waals surface area contributed by atoms with Crippen LogP contribution in [-0.2, 0) is 15.0 Å². The number of carbonyl (C=O) groups is 1. The molecule has 1 aromatic rings. The first kappa shape index (κ1) is 13.4. The number of halogens is 2. The van der Waals surface area contributed by atoms with Crippen LogP contribution in [0.25, 0.3) is 0 Å². The smallest absolute Gasteiger partial charge is 0.302 e. The van der Waals surface area contributed by atoms with E-state index in [9.17, 15) is 17.1 Å². The van der Waals surface area contributed by atoms with E-state index in [0.29, 0.717) is 10.2 Å². The molecule has 1 aliphatic rings. The summed E-state index contributed by atoms with van der Waals surface area (Å²) in [5, 5.41) is 0. The maximum absolute atomic E-state index is 12.6. The SMILES string of the molecule is O=C1CC(CS(=O)(=O)F)CN1c1cnccc1Br. The third-order valence-electron chi connectivity index (χ3n) is 2.68. The van der Waals surface area contributed by atoms with E-state index in [-0.39, 0.29) is 18.9 Å². The molecule has 0 bridgehead atoms. The number of aromatic nitrogens is 1. The number of hydrogen-bond acceptors (Lipinski definition) is 4. The van der Waals surface area contributed by atoms with Crippen molar-refractivity contribution in [3.8, 4) is 0 Å². The van der Waals surface area contributed by atoms with Crippen LogP contribution in [0.1, 0.15) is 6.42 Å². The standard InChI is InChI=1S/C10H10BrFN2O3S/c11-8-1-2-13-4-9(8)14-5-7(3-10(14)15)6-18(12,16)17/h1-2,4,7H,3,5-6H2. The first-order chi connectivity index (χ1) is 8.37. The van der Waals surface area contributed by atoms with Crippen molar-refractivity contribution in [2.75, 3.05) is 17.2 Å². The predicted octanol–water partition coefficient (Wildman–Crippen LogP) is 1.50. The molecule has 0 spiro atoms. The topological polar surface area (TPSA) is 67.3 Å². The zero-order valence-corrected chi connectivity index (χ0v) is 11.6. The number of carbonyl (C=O) groups excluding carboxylic acids is 1. The zero-order valence-electron chi connectivity index (χ0n) is 9.21. The highest BCUT2D eigenvalue weighted by atomic mass is 79.9. The highest BCUT2D eigenvalue weighted by Crippen LogP contribution is 2.31. The van der Waals surface area contributed by atoms with E-state index in [1.807, 2.05) is 0 Å². The first-order valence-corrected chi connectivity index (χ1v) is 7.53. The largest absolute Gasteiger partial charge is 0.310 e. The predicted molar refractivity (Wildman–Crippen MR) is 67.3 cm³/mol. The van der Waals surface area contributed by atoms with Crippen LogP contribution in [0.5, 0.6) is 0 Å². The summed E-state index contributed by atoms with van der Waals surface area (Å²) in [4.78, 5) is 17.1. The zero-order chi connectivity index (χ0) is 13.3. The van der Waals surface area contributed by atoms with Crippen LogP contribution in [0.3, 0.4) is 0 Å². The van der Waals surface area contributed by atoms with Gasteiger partial charge in [-0.25, -0.2) is 0 Å². The van der Waals surface area contributed by atoms with Gasteiger partial charge < -0.3 is 4.90 Å². The Balaban J connectivity index is 2.18. The van der Waals surface area contributed by atoms with Gasteiger partial charge in [-0.15, -0.1) is 3.89 Å². The van der Waals surface area contributed by atoms with E-state index in [1.165, 1.54) is 11.1 Å². The van der Waals surface area contributed by atoms with Gasteiger partial charge in [0.25, 0.3) is 0 Å². The lowest BCUT2D eigenvalue weighted by atomic mass is 10.1. The lowest BCUT2D eigenvalue weighted by molar-refractivity contribution is -0.117. The van der Waals surface area contributed by atoms with Gasteiger partial charge >= 0.3 is 10.2 Å². The summed E-state index contributed by atoms with van der Waals surface area (Å²) >= 11 is 3.29. The van der Waals surface area contributed by atoms with Crippen molar-refractivity contribution >= 4 is 37.7 Å². The van der Waals surface area contributed by atoms with Gasteiger partial charge in [0.05, 0.1) is 17.6 Å². The molecule has 0 N–H and O–H groups in total. The van der Waals surface area contributed by atoms with Crippen molar-refractivity contribution in [1.82, 2.24) is 4.98 Å². The minimum absolute atomic E-state index is 0.0322. The maximum Gasteiger partial charge on any atom is 0.302 e. The summed E-state index contributed by atoms with van der Waals surface area (Å²) in [6.45, 7) is 0.187. The average Bonchev–Trinajstić information content (AvgIpc) is 2.57. The molecule has 5 nitrogen and oxygen atoms in total. The molecule has 1 fully saturated rings. The summed E-state index contributed by atoms with van der Waals surface area (Å²) in [5.74, 6) is -1.36. The van der Waals surface area contributed by atoms with Gasteiger partial charge in [-0.3, -0.25) is 9.78 Å². The lowest BCUT2D eigenvalue weighted by Gasteiger charge is -2.17. The Morgan fingerprint density at radius 1 is 1.56 bits per heavy atom. The Labute approximate surface area is 112 Å². The molecule has 1 aromatic heterocycles. The van der Waals surface area contributed by atoms with Gasteiger partial charge in [0.2, 0.25) is 5.91 Å². The molecule has 98 valence electrons. The molecular weight excluding hydrogens is 327 g/mol. The van der Waals surface area contributed by atoms with E-state index < -0.39 is 21.9 Å². The van der Waals surface area contributed by atoms with E-state index >= 15 is 0 Å². The van der Waals surface area contributed by atoms with Crippen LogP contribution in [0.15, 0.2) is 22.9 Å². The first-order valence-electron chi connectivity index (χ1n) is 5.19. The van der Waals surface area contributed by atoms with Crippen molar-refractivity contribution in [3.05, 3.63) is 22.9 Å². The second-order valence-corrected chi connectivity index (χ2v) is 6.37. The monoisotopic (exact) mass is 336 g/mol. The summed E-state index contributed by atoms with van der Waals surface area (Å²) in [6.07, 6.45) is 3.11. The van der Waals surface area contributed by atoms with Gasteiger partial charge in [0.15, 0.2) is 0 Å². The lowest BCUT2D eigenvalue weighted by Crippen LogP contribution is -2.25. The normalized spacial score (nSPS) is 20.4. The van der Waals surface area contributed by atoms with Crippen LogP contribution in [-0.4, -0.2) is 31.6 Å². The molecule has 2 heterocycles. The third-order valence-corrected chi connectivity index (χ3v) is 4.22. The average molecular weight is 337 g/mol. The molecule has 1 saturated heterocycles. The summed E-state index contributed by atoms with van der Waals surface area (Å²) in [6, 6.07) is 1.68. The highest BCUT2D eigenvalue weighted by molar-refractivity contribution is 9.10. The molecule has 0 saturated carbocycles. The second kappa shape index (κ2) is 4.93. The van der Waals surface area contributed by atoms with Crippen LogP contribution < -0.4 is 4.90 Å². The van der Waals surface area contributed by atoms with Gasteiger partial charge in [-0.1, -0.05) is 0 Å². The Kier molecular flexibility index (Phi) is 3.67. The summed E-state index contributed by atoms with van der Waals surface area (Å²) in [5.41, 5.74) is 0.571. The van der Waals surface area contributed by atoms with Crippen LogP contribution >= 0.6 is 15.9 Å². The van der Waals surface area contributed by atoms with E-state index in [0.717, 1.165) is 0 Å². The molecule has 1 aliphatic heterocycles. The van der Waals surface area contributed by atoms with Crippen molar-refractivity contribution in [2.24, 2.45) is 5.92 Å². The molecule has 1 unspecified atom stereocenters. The minimum Gasteiger partial charge on any atom is -0.310 e. The molecule has 18 heavy (non-hydrogen) atoms. The summed E-state index contributed by atoms with van der Waals surface area (Å²) in [7, 11) is -4.55. The van der Waals surface area contributed by atoms with Crippen LogP contribution in [0.4, 0.5) is 9.57 Å². The van der Waals surface area contributed by atoms with E-state index in [2.05, 4.69) is 20.9 Å². The molecule has 1 amide bonds. The number of anilines is 1. The molecule has 0 aliphatic carbocycles. The van der Waals surface area contributed by atoms with Crippen LogP contribution in [0.2, 0.25) is 0 Å². The van der Waals surface area contributed by atoms with Crippen molar-refractivity contribution in [3.63, 3.8) is 0 Å². The van der Waals surface area contributed by atoms with Gasteiger partial charge in [0, 0.05) is 29.6 Å². The fourth-order valence-electron chi connectivity index (χ4n) is 1.98. The van der Waals surface area contributed by atoms with E-state index in [1.54, 1.807) is 12.3 Å². The van der Waals surface area contributed by atoms with Gasteiger partial charge in [-0.05, 0) is 22.0 Å². The third kappa shape index (κ3) is 3.05. The Bertz CT molecular complexity index is 578. The number of hydrogen-bond donors (Lipinski definition) is 0. The maximum atomic E-state index is 12.6. The summed E-state index contributed by atoms with van der Waals surface area (Å²) < 4.78 is 34.5. The fourth-order valence-corrected chi connectivity index (χ4v) is 3.20. The fraction of sp³-hybridized carbons (Fsp3) is 0.400. The Morgan fingerprint density at radius 3 is 2.89 bits per heavy atom. The quantitative estimate of drug-likeness (QED) is 0.784. The molecule has 0 radical (unpaired) electrons. The molecule has 8 heteroatoms. The van der Waals surface area contributed by atoms with Crippen LogP contribution in [0, 0.1) is 5.92 Å². The Hall–Kier alpha value is -1.02. The minimum atomic E-state index is -4.55. The van der Waals surface area contributed by atoms with E-state index in [4.69, 9.17) is 0 Å². The van der Waals surface area contributed by atoms with Gasteiger partial charge in [0.1, 0.15) is 0 Å². The second-order valence-electron chi connectivity index (χ2n) is 4.11. The molecule has 1 atom stereocenters. The molecule has 2 rings (SSSR count). The molecule has 0 aromatic carbocycles. The number of amides is 1. The Morgan fingerprint density at radius 2 is 2.28 bits per heavy atom. The van der Waals surface area contributed by atoms with Crippen molar-refractivity contribution < 1.29 is 17.1 Å².